The van der Waals surface area contributed by atoms with Crippen molar-refractivity contribution in [2.24, 2.45) is 0 Å². The summed E-state index contributed by atoms with van der Waals surface area (Å²) >= 11 is 0. The van der Waals surface area contributed by atoms with Gasteiger partial charge in [-0.3, -0.25) is 0 Å². The molecule has 2 nitrogen and oxygen atoms in total. The standard InChI is InChI=1S/C14H11NO/c1-11-4-6-12(7-5-11)13(10-15)9-14-3-2-8-16-14/h2-9H,1H3. The normalized spacial score (nSPS) is 11.1. The number of allylic oxidation sites excluding steroid dienone is 1. The Balaban J connectivity index is 2.37. The highest BCUT2D eigenvalue weighted by atomic mass is 16.3. The molecule has 1 heterocycles. The summed E-state index contributed by atoms with van der Waals surface area (Å²) in [6, 6.07) is 13.7. The third kappa shape index (κ3) is 2.21. The Morgan fingerprint density at radius 2 is 2.00 bits per heavy atom. The quantitative estimate of drug-likeness (QED) is 0.708. The van der Waals surface area contributed by atoms with Crippen molar-refractivity contribution in [3.63, 3.8) is 0 Å². The van der Waals surface area contributed by atoms with E-state index in [-0.39, 0.29) is 0 Å². The molecule has 1 aromatic heterocycles. The number of hydrogen-bond acceptors (Lipinski definition) is 2. The molecule has 0 aliphatic heterocycles. The Kier molecular flexibility index (Phi) is 2.88. The second-order valence-corrected chi connectivity index (χ2v) is 3.55. The minimum atomic E-state index is 0.606. The van der Waals surface area contributed by atoms with Gasteiger partial charge in [-0.05, 0) is 30.7 Å². The van der Waals surface area contributed by atoms with Crippen LogP contribution >= 0.6 is 0 Å². The first kappa shape index (κ1) is 10.3. The number of nitrogens with zero attached hydrogens (tertiary/aromatic N) is 1. The molecular formula is C14H11NO. The fraction of sp³-hybridized carbons (Fsp3) is 0.0714. The van der Waals surface area contributed by atoms with Gasteiger partial charge in [-0.25, -0.2) is 0 Å². The summed E-state index contributed by atoms with van der Waals surface area (Å²) in [6.45, 7) is 2.02. The van der Waals surface area contributed by atoms with Gasteiger partial charge in [0.15, 0.2) is 0 Å². The third-order valence-electron chi connectivity index (χ3n) is 2.31. The second-order valence-electron chi connectivity index (χ2n) is 3.55. The minimum Gasteiger partial charge on any atom is -0.465 e. The van der Waals surface area contributed by atoms with Gasteiger partial charge in [0, 0.05) is 0 Å². The van der Waals surface area contributed by atoms with Gasteiger partial charge >= 0.3 is 0 Å². The molecule has 0 unspecified atom stereocenters. The van der Waals surface area contributed by atoms with Crippen LogP contribution in [-0.2, 0) is 0 Å². The Morgan fingerprint density at radius 1 is 1.25 bits per heavy atom. The van der Waals surface area contributed by atoms with E-state index in [1.165, 1.54) is 5.56 Å². The zero-order valence-electron chi connectivity index (χ0n) is 8.97. The molecule has 1 aromatic carbocycles. The fourth-order valence-corrected chi connectivity index (χ4v) is 1.43. The van der Waals surface area contributed by atoms with E-state index in [0.717, 1.165) is 5.56 Å². The number of hydrogen-bond donors (Lipinski definition) is 0. The van der Waals surface area contributed by atoms with Crippen molar-refractivity contribution in [1.82, 2.24) is 0 Å². The van der Waals surface area contributed by atoms with E-state index in [4.69, 9.17) is 9.68 Å². The van der Waals surface area contributed by atoms with E-state index >= 15 is 0 Å². The lowest BCUT2D eigenvalue weighted by Crippen LogP contribution is -1.81. The maximum absolute atomic E-state index is 9.09. The first-order valence-electron chi connectivity index (χ1n) is 5.02. The van der Waals surface area contributed by atoms with Crippen molar-refractivity contribution < 1.29 is 4.42 Å². The summed E-state index contributed by atoms with van der Waals surface area (Å²) in [6.07, 6.45) is 3.33. The zero-order chi connectivity index (χ0) is 11.4. The SMILES string of the molecule is Cc1ccc(C(C#N)=Cc2ccco2)cc1. The van der Waals surface area contributed by atoms with Crippen LogP contribution in [-0.4, -0.2) is 0 Å². The van der Waals surface area contributed by atoms with E-state index in [1.54, 1.807) is 18.4 Å². The molecule has 0 saturated heterocycles. The maximum Gasteiger partial charge on any atom is 0.127 e. The lowest BCUT2D eigenvalue weighted by Gasteiger charge is -1.98. The Morgan fingerprint density at radius 3 is 2.56 bits per heavy atom. The predicted octanol–water partition coefficient (Wildman–Crippen LogP) is 3.65. The second kappa shape index (κ2) is 4.50. The topological polar surface area (TPSA) is 36.9 Å². The number of nitriles is 1. The Hall–Kier alpha value is -2.27. The fourth-order valence-electron chi connectivity index (χ4n) is 1.43. The molecular weight excluding hydrogens is 198 g/mol. The van der Waals surface area contributed by atoms with Crippen LogP contribution in [0.15, 0.2) is 47.1 Å². The Bertz CT molecular complexity index is 527. The summed E-state index contributed by atoms with van der Waals surface area (Å²) in [5.41, 5.74) is 2.69. The first-order chi connectivity index (χ1) is 7.79. The van der Waals surface area contributed by atoms with Crippen LogP contribution in [0.5, 0.6) is 0 Å². The molecule has 0 N–H and O–H groups in total. The van der Waals surface area contributed by atoms with Crippen molar-refractivity contribution in [2.45, 2.75) is 6.92 Å². The Labute approximate surface area is 94.4 Å². The van der Waals surface area contributed by atoms with Gasteiger partial charge in [0.1, 0.15) is 5.76 Å². The lowest BCUT2D eigenvalue weighted by atomic mass is 10.0. The molecule has 0 saturated carbocycles. The number of benzene rings is 1. The largest absolute Gasteiger partial charge is 0.465 e. The third-order valence-corrected chi connectivity index (χ3v) is 2.31. The molecule has 0 aliphatic carbocycles. The molecule has 0 radical (unpaired) electrons. The molecule has 0 atom stereocenters. The summed E-state index contributed by atoms with van der Waals surface area (Å²) in [5, 5.41) is 9.09. The van der Waals surface area contributed by atoms with E-state index in [2.05, 4.69) is 6.07 Å². The molecule has 2 heteroatoms. The molecule has 0 bridgehead atoms. The molecule has 2 aromatic rings. The van der Waals surface area contributed by atoms with E-state index in [1.807, 2.05) is 37.3 Å². The van der Waals surface area contributed by atoms with Crippen molar-refractivity contribution in [2.75, 3.05) is 0 Å². The van der Waals surface area contributed by atoms with Crippen LogP contribution < -0.4 is 0 Å². The van der Waals surface area contributed by atoms with E-state index < -0.39 is 0 Å². The first-order valence-corrected chi connectivity index (χ1v) is 5.02. The van der Waals surface area contributed by atoms with Crippen LogP contribution in [0.25, 0.3) is 11.6 Å². The molecule has 2 rings (SSSR count). The van der Waals surface area contributed by atoms with E-state index in [0.29, 0.717) is 11.3 Å². The van der Waals surface area contributed by atoms with Gasteiger partial charge in [0.25, 0.3) is 0 Å². The molecule has 0 amide bonds. The van der Waals surface area contributed by atoms with Crippen molar-refractivity contribution in [3.05, 3.63) is 59.5 Å². The van der Waals surface area contributed by atoms with Crippen LogP contribution in [0.2, 0.25) is 0 Å². The molecule has 16 heavy (non-hydrogen) atoms. The molecule has 0 aliphatic rings. The van der Waals surface area contributed by atoms with Gasteiger partial charge in [-0.2, -0.15) is 5.26 Å². The number of furan rings is 1. The average Bonchev–Trinajstić information content (AvgIpc) is 2.80. The zero-order valence-corrected chi connectivity index (χ0v) is 8.97. The number of aryl methyl sites for hydroxylation is 1. The van der Waals surface area contributed by atoms with Gasteiger partial charge < -0.3 is 4.42 Å². The van der Waals surface area contributed by atoms with E-state index in [9.17, 15) is 0 Å². The minimum absolute atomic E-state index is 0.606. The summed E-state index contributed by atoms with van der Waals surface area (Å²) in [4.78, 5) is 0. The van der Waals surface area contributed by atoms with Crippen molar-refractivity contribution >= 4 is 11.6 Å². The van der Waals surface area contributed by atoms with Gasteiger partial charge in [0.05, 0.1) is 17.9 Å². The van der Waals surface area contributed by atoms with Crippen LogP contribution in [0.1, 0.15) is 16.9 Å². The summed E-state index contributed by atoms with van der Waals surface area (Å²) < 4.78 is 5.18. The van der Waals surface area contributed by atoms with Crippen molar-refractivity contribution in [3.8, 4) is 6.07 Å². The highest BCUT2D eigenvalue weighted by Crippen LogP contribution is 2.18. The summed E-state index contributed by atoms with van der Waals surface area (Å²) in [7, 11) is 0. The van der Waals surface area contributed by atoms with Gasteiger partial charge in [-0.1, -0.05) is 29.8 Å². The maximum atomic E-state index is 9.09. The van der Waals surface area contributed by atoms with Gasteiger partial charge in [-0.15, -0.1) is 0 Å². The van der Waals surface area contributed by atoms with Crippen LogP contribution in [0.3, 0.4) is 0 Å². The monoisotopic (exact) mass is 209 g/mol. The van der Waals surface area contributed by atoms with Crippen LogP contribution in [0, 0.1) is 18.3 Å². The molecule has 0 spiro atoms. The van der Waals surface area contributed by atoms with Gasteiger partial charge in [0.2, 0.25) is 0 Å². The summed E-state index contributed by atoms with van der Waals surface area (Å²) in [5.74, 6) is 0.692. The highest BCUT2D eigenvalue weighted by molar-refractivity contribution is 5.88. The lowest BCUT2D eigenvalue weighted by molar-refractivity contribution is 0.557. The van der Waals surface area contributed by atoms with Crippen LogP contribution in [0.4, 0.5) is 0 Å². The highest BCUT2D eigenvalue weighted by Gasteiger charge is 2.01. The predicted molar refractivity (Wildman–Crippen MR) is 63.4 cm³/mol. The average molecular weight is 209 g/mol. The van der Waals surface area contributed by atoms with Crippen molar-refractivity contribution in [1.29, 1.82) is 5.26 Å². The molecule has 78 valence electrons. The number of rotatable bonds is 2. The molecule has 0 fully saturated rings. The smallest absolute Gasteiger partial charge is 0.127 e.